The molecular weight excluding hydrogens is 312 g/mol. The summed E-state index contributed by atoms with van der Waals surface area (Å²) in [6.07, 6.45) is 2.89. The van der Waals surface area contributed by atoms with Crippen molar-refractivity contribution in [3.63, 3.8) is 0 Å². The van der Waals surface area contributed by atoms with Crippen molar-refractivity contribution in [1.82, 2.24) is 14.8 Å². The van der Waals surface area contributed by atoms with Crippen LogP contribution in [-0.4, -0.2) is 32.5 Å². The molecule has 24 heavy (non-hydrogen) atoms. The molecule has 0 atom stereocenters. The van der Waals surface area contributed by atoms with Gasteiger partial charge < -0.3 is 14.8 Å². The minimum Gasteiger partial charge on any atom is -0.419 e. The molecule has 1 aromatic heterocycles. The SMILES string of the molecule is Cc1ncn(-c2ccc(NC=C3C(=O)OC(C)(C)OC3=O)cc2)n1. The largest absolute Gasteiger partial charge is 0.419 e. The van der Waals surface area contributed by atoms with Gasteiger partial charge in [0.2, 0.25) is 0 Å². The minimum absolute atomic E-state index is 0.190. The first-order chi connectivity index (χ1) is 11.3. The summed E-state index contributed by atoms with van der Waals surface area (Å²) in [5.74, 6) is -2.01. The van der Waals surface area contributed by atoms with Crippen LogP contribution in [0.3, 0.4) is 0 Å². The summed E-state index contributed by atoms with van der Waals surface area (Å²) in [6.45, 7) is 4.80. The highest BCUT2D eigenvalue weighted by Gasteiger charge is 2.38. The maximum atomic E-state index is 11.8. The van der Waals surface area contributed by atoms with Crippen LogP contribution in [0, 0.1) is 6.92 Å². The third-order valence-electron chi connectivity index (χ3n) is 3.24. The van der Waals surface area contributed by atoms with Gasteiger partial charge >= 0.3 is 11.9 Å². The average Bonchev–Trinajstić information content (AvgIpc) is 2.92. The molecule has 1 aromatic carbocycles. The molecular formula is C16H16N4O4. The first kappa shape index (κ1) is 15.7. The Labute approximate surface area is 138 Å². The van der Waals surface area contributed by atoms with Crippen molar-refractivity contribution >= 4 is 17.6 Å². The van der Waals surface area contributed by atoms with Crippen LogP contribution in [-0.2, 0) is 19.1 Å². The molecule has 8 heteroatoms. The number of aromatic nitrogens is 3. The van der Waals surface area contributed by atoms with E-state index in [0.29, 0.717) is 11.5 Å². The van der Waals surface area contributed by atoms with Crippen LogP contribution < -0.4 is 5.32 Å². The van der Waals surface area contributed by atoms with Crippen molar-refractivity contribution < 1.29 is 19.1 Å². The van der Waals surface area contributed by atoms with Gasteiger partial charge in [0.25, 0.3) is 5.79 Å². The molecule has 0 bridgehead atoms. The smallest absolute Gasteiger partial charge is 0.350 e. The zero-order valence-corrected chi connectivity index (χ0v) is 13.4. The lowest BCUT2D eigenvalue weighted by molar-refractivity contribution is -0.222. The molecule has 3 rings (SSSR count). The van der Waals surface area contributed by atoms with Crippen LogP contribution in [0.1, 0.15) is 19.7 Å². The monoisotopic (exact) mass is 328 g/mol. The second-order valence-electron chi connectivity index (χ2n) is 5.66. The lowest BCUT2D eigenvalue weighted by atomic mass is 10.2. The van der Waals surface area contributed by atoms with Crippen molar-refractivity contribution in [3.8, 4) is 5.69 Å². The third-order valence-corrected chi connectivity index (χ3v) is 3.24. The van der Waals surface area contributed by atoms with Crippen LogP contribution in [0.5, 0.6) is 0 Å². The van der Waals surface area contributed by atoms with Crippen LogP contribution in [0.25, 0.3) is 5.69 Å². The quantitative estimate of drug-likeness (QED) is 0.520. The number of hydrogen-bond acceptors (Lipinski definition) is 7. The Balaban J connectivity index is 1.72. The van der Waals surface area contributed by atoms with Crippen LogP contribution in [0.4, 0.5) is 5.69 Å². The normalized spacial score (nSPS) is 16.4. The lowest BCUT2D eigenvalue weighted by Crippen LogP contribution is -2.42. The number of carbonyl (C=O) groups is 2. The molecule has 0 saturated carbocycles. The highest BCUT2D eigenvalue weighted by molar-refractivity contribution is 6.15. The van der Waals surface area contributed by atoms with E-state index in [4.69, 9.17) is 9.47 Å². The third kappa shape index (κ3) is 3.27. The Morgan fingerprint density at radius 3 is 2.29 bits per heavy atom. The molecule has 1 aliphatic heterocycles. The van der Waals surface area contributed by atoms with E-state index in [2.05, 4.69) is 15.4 Å². The highest BCUT2D eigenvalue weighted by atomic mass is 16.7. The van der Waals surface area contributed by atoms with Gasteiger partial charge in [0.15, 0.2) is 5.57 Å². The molecule has 0 radical (unpaired) electrons. The molecule has 0 aliphatic carbocycles. The van der Waals surface area contributed by atoms with E-state index in [9.17, 15) is 9.59 Å². The molecule has 1 fully saturated rings. The summed E-state index contributed by atoms with van der Waals surface area (Å²) in [7, 11) is 0. The van der Waals surface area contributed by atoms with Crippen LogP contribution in [0.2, 0.25) is 0 Å². The number of carbonyl (C=O) groups excluding carboxylic acids is 2. The number of nitrogens with zero attached hydrogens (tertiary/aromatic N) is 3. The van der Waals surface area contributed by atoms with E-state index in [1.165, 1.54) is 20.0 Å². The van der Waals surface area contributed by atoms with Gasteiger partial charge in [-0.2, -0.15) is 5.10 Å². The van der Waals surface area contributed by atoms with E-state index < -0.39 is 17.7 Å². The second-order valence-corrected chi connectivity index (χ2v) is 5.66. The highest BCUT2D eigenvalue weighted by Crippen LogP contribution is 2.22. The molecule has 1 N–H and O–H groups in total. The first-order valence-corrected chi connectivity index (χ1v) is 7.26. The summed E-state index contributed by atoms with van der Waals surface area (Å²) >= 11 is 0. The summed E-state index contributed by atoms with van der Waals surface area (Å²) in [5, 5.41) is 7.09. The first-order valence-electron chi connectivity index (χ1n) is 7.26. The summed E-state index contributed by atoms with van der Waals surface area (Å²) < 4.78 is 11.7. The minimum atomic E-state index is -1.25. The fourth-order valence-electron chi connectivity index (χ4n) is 2.11. The number of esters is 2. The standard InChI is InChI=1S/C16H16N4O4/c1-10-18-9-20(19-10)12-6-4-11(5-7-12)17-8-13-14(21)23-16(2,3)24-15(13)22/h4-9,17H,1-3H3. The number of benzene rings is 1. The van der Waals surface area contributed by atoms with E-state index in [-0.39, 0.29) is 5.57 Å². The van der Waals surface area contributed by atoms with E-state index >= 15 is 0 Å². The number of rotatable bonds is 3. The maximum Gasteiger partial charge on any atom is 0.350 e. The van der Waals surface area contributed by atoms with Crippen molar-refractivity contribution in [2.45, 2.75) is 26.6 Å². The van der Waals surface area contributed by atoms with Gasteiger partial charge in [0, 0.05) is 25.7 Å². The van der Waals surface area contributed by atoms with Gasteiger partial charge in [-0.1, -0.05) is 0 Å². The summed E-state index contributed by atoms with van der Waals surface area (Å²) in [5.41, 5.74) is 1.34. The number of cyclic esters (lactones) is 2. The Hall–Kier alpha value is -3.16. The molecule has 124 valence electrons. The fraction of sp³-hybridized carbons (Fsp3) is 0.250. The maximum absolute atomic E-state index is 11.8. The molecule has 0 unspecified atom stereocenters. The van der Waals surface area contributed by atoms with E-state index in [1.54, 1.807) is 23.1 Å². The molecule has 2 aromatic rings. The number of hydrogen-bond donors (Lipinski definition) is 1. The lowest BCUT2D eigenvalue weighted by Gasteiger charge is -2.29. The van der Waals surface area contributed by atoms with Gasteiger partial charge in [-0.25, -0.2) is 19.3 Å². The number of ether oxygens (including phenoxy) is 2. The van der Waals surface area contributed by atoms with Crippen molar-refractivity contribution in [1.29, 1.82) is 0 Å². The van der Waals surface area contributed by atoms with Gasteiger partial charge in [-0.05, 0) is 31.2 Å². The van der Waals surface area contributed by atoms with Crippen molar-refractivity contribution in [2.24, 2.45) is 0 Å². The zero-order valence-electron chi connectivity index (χ0n) is 13.4. The van der Waals surface area contributed by atoms with Gasteiger partial charge in [-0.3, -0.25) is 0 Å². The predicted molar refractivity (Wildman–Crippen MR) is 84.1 cm³/mol. The topological polar surface area (TPSA) is 95.3 Å². The van der Waals surface area contributed by atoms with Crippen LogP contribution in [0.15, 0.2) is 42.4 Å². The zero-order chi connectivity index (χ0) is 17.3. The van der Waals surface area contributed by atoms with E-state index in [0.717, 1.165) is 5.69 Å². The summed E-state index contributed by atoms with van der Waals surface area (Å²) in [4.78, 5) is 27.7. The van der Waals surface area contributed by atoms with Crippen molar-refractivity contribution in [3.05, 3.63) is 48.2 Å². The fourth-order valence-corrected chi connectivity index (χ4v) is 2.11. The number of anilines is 1. The predicted octanol–water partition coefficient (Wildman–Crippen LogP) is 1.71. The van der Waals surface area contributed by atoms with Crippen molar-refractivity contribution in [2.75, 3.05) is 5.32 Å². The van der Waals surface area contributed by atoms with Gasteiger partial charge in [0.1, 0.15) is 12.2 Å². The Bertz CT molecular complexity index is 799. The molecule has 0 spiro atoms. The Morgan fingerprint density at radius 1 is 1.12 bits per heavy atom. The van der Waals surface area contributed by atoms with Crippen LogP contribution >= 0.6 is 0 Å². The van der Waals surface area contributed by atoms with Gasteiger partial charge in [-0.15, -0.1) is 0 Å². The average molecular weight is 328 g/mol. The summed E-state index contributed by atoms with van der Waals surface area (Å²) in [6, 6.07) is 7.23. The molecule has 0 amide bonds. The molecule has 2 heterocycles. The Kier molecular flexibility index (Phi) is 3.80. The number of nitrogens with one attached hydrogen (secondary N) is 1. The Morgan fingerprint density at radius 2 is 1.75 bits per heavy atom. The second kappa shape index (κ2) is 5.80. The number of aryl methyl sites for hydroxylation is 1. The van der Waals surface area contributed by atoms with E-state index in [1.807, 2.05) is 19.1 Å². The molecule has 8 nitrogen and oxygen atoms in total. The van der Waals surface area contributed by atoms with Gasteiger partial charge in [0.05, 0.1) is 5.69 Å². The molecule has 1 saturated heterocycles. The molecule has 1 aliphatic rings.